The van der Waals surface area contributed by atoms with Gasteiger partial charge in [-0.25, -0.2) is 13.4 Å². The van der Waals surface area contributed by atoms with Gasteiger partial charge >= 0.3 is 0 Å². The lowest BCUT2D eigenvalue weighted by atomic mass is 9.92. The Morgan fingerprint density at radius 3 is 2.43 bits per heavy atom. The van der Waals surface area contributed by atoms with Crippen molar-refractivity contribution in [3.05, 3.63) is 30.6 Å². The quantitative estimate of drug-likeness (QED) is 0.327. The number of aromatic nitrogens is 4. The van der Waals surface area contributed by atoms with E-state index in [2.05, 4.69) is 20.3 Å². The molecule has 11 heteroatoms. The fourth-order valence-corrected chi connectivity index (χ4v) is 5.53. The second-order valence-electron chi connectivity index (χ2n) is 9.66. The second-order valence-corrected chi connectivity index (χ2v) is 11.5. The van der Waals surface area contributed by atoms with Crippen molar-refractivity contribution in [2.24, 2.45) is 11.7 Å². The van der Waals surface area contributed by atoms with E-state index in [1.807, 2.05) is 37.5 Å². The molecule has 1 aromatic carbocycles. The third-order valence-corrected chi connectivity index (χ3v) is 7.61. The number of aryl methyl sites for hydroxylation is 1. The van der Waals surface area contributed by atoms with Gasteiger partial charge in [0.05, 0.1) is 12.1 Å². The first-order valence-electron chi connectivity index (χ1n) is 12.3. The highest BCUT2D eigenvalue weighted by Crippen LogP contribution is 2.27. The topological polar surface area (TPSA) is 140 Å². The normalized spacial score (nSPS) is 18.7. The van der Waals surface area contributed by atoms with Gasteiger partial charge in [0, 0.05) is 30.0 Å². The predicted molar refractivity (Wildman–Crippen MR) is 141 cm³/mol. The summed E-state index contributed by atoms with van der Waals surface area (Å²) in [6.45, 7) is 6.81. The second kappa shape index (κ2) is 10.8. The molecule has 4 rings (SSSR count). The first-order chi connectivity index (χ1) is 16.7. The van der Waals surface area contributed by atoms with Crippen molar-refractivity contribution in [2.75, 3.05) is 21.1 Å². The van der Waals surface area contributed by atoms with Crippen LogP contribution in [0, 0.1) is 5.92 Å². The number of hydrogen-bond donors (Lipinski definition) is 4. The summed E-state index contributed by atoms with van der Waals surface area (Å²) in [6, 6.07) is 7.69. The number of nitrogens with one attached hydrogen (secondary N) is 3. The summed E-state index contributed by atoms with van der Waals surface area (Å²) >= 11 is 0. The lowest BCUT2D eigenvalue weighted by Crippen LogP contribution is -2.33. The summed E-state index contributed by atoms with van der Waals surface area (Å²) in [5.41, 5.74) is 8.79. The van der Waals surface area contributed by atoms with Crippen molar-refractivity contribution in [1.82, 2.24) is 19.5 Å². The Balaban J connectivity index is 1.52. The molecule has 0 aliphatic heterocycles. The SMILES string of the molecule is CCn1cnc2c(Nc3ccc(NS(=O)(=O)CCC(C)C)cc3)nc(NC3CCC(N)CC3)nc21. The van der Waals surface area contributed by atoms with Crippen molar-refractivity contribution >= 4 is 44.3 Å². The van der Waals surface area contributed by atoms with Crippen LogP contribution in [-0.2, 0) is 16.6 Å². The third kappa shape index (κ3) is 6.61. The minimum atomic E-state index is -3.37. The van der Waals surface area contributed by atoms with E-state index in [0.29, 0.717) is 41.4 Å². The van der Waals surface area contributed by atoms with E-state index < -0.39 is 10.0 Å². The Morgan fingerprint density at radius 1 is 1.09 bits per heavy atom. The van der Waals surface area contributed by atoms with Gasteiger partial charge in [0.2, 0.25) is 16.0 Å². The van der Waals surface area contributed by atoms with Gasteiger partial charge in [-0.1, -0.05) is 13.8 Å². The Hall–Kier alpha value is -2.92. The summed E-state index contributed by atoms with van der Waals surface area (Å²) < 4.78 is 29.2. The number of nitrogens with two attached hydrogens (primary N) is 1. The van der Waals surface area contributed by atoms with Crippen LogP contribution in [0.1, 0.15) is 52.9 Å². The molecule has 0 radical (unpaired) electrons. The molecule has 1 saturated carbocycles. The molecule has 0 saturated heterocycles. The average Bonchev–Trinajstić information content (AvgIpc) is 3.24. The molecule has 10 nitrogen and oxygen atoms in total. The molecular weight excluding hydrogens is 464 g/mol. The lowest BCUT2D eigenvalue weighted by Gasteiger charge is -2.26. The molecule has 0 atom stereocenters. The van der Waals surface area contributed by atoms with Crippen molar-refractivity contribution in [1.29, 1.82) is 0 Å². The van der Waals surface area contributed by atoms with Crippen molar-refractivity contribution < 1.29 is 8.42 Å². The van der Waals surface area contributed by atoms with E-state index in [4.69, 9.17) is 15.7 Å². The molecule has 0 amide bonds. The maximum Gasteiger partial charge on any atom is 0.232 e. The molecule has 0 spiro atoms. The zero-order chi connectivity index (χ0) is 25.0. The summed E-state index contributed by atoms with van der Waals surface area (Å²) in [5.74, 6) is 1.59. The minimum absolute atomic E-state index is 0.104. The molecule has 35 heavy (non-hydrogen) atoms. The Kier molecular flexibility index (Phi) is 7.75. The number of benzene rings is 1. The fourth-order valence-electron chi connectivity index (χ4n) is 4.15. The monoisotopic (exact) mass is 500 g/mol. The van der Waals surface area contributed by atoms with E-state index in [0.717, 1.165) is 43.6 Å². The molecule has 1 aliphatic rings. The highest BCUT2D eigenvalue weighted by Gasteiger charge is 2.21. The molecule has 5 N–H and O–H groups in total. The highest BCUT2D eigenvalue weighted by atomic mass is 32.2. The fraction of sp³-hybridized carbons (Fsp3) is 0.542. The molecule has 0 unspecified atom stereocenters. The van der Waals surface area contributed by atoms with E-state index in [1.165, 1.54) is 0 Å². The van der Waals surface area contributed by atoms with E-state index in [9.17, 15) is 8.42 Å². The van der Waals surface area contributed by atoms with Gasteiger partial charge in [0.15, 0.2) is 17.0 Å². The van der Waals surface area contributed by atoms with Gasteiger partial charge in [0.1, 0.15) is 0 Å². The predicted octanol–water partition coefficient (Wildman–Crippen LogP) is 4.06. The van der Waals surface area contributed by atoms with Crippen LogP contribution >= 0.6 is 0 Å². The van der Waals surface area contributed by atoms with Crippen LogP contribution in [0.4, 0.5) is 23.1 Å². The van der Waals surface area contributed by atoms with Gasteiger partial charge in [-0.05, 0) is 69.2 Å². The van der Waals surface area contributed by atoms with E-state index in [1.54, 1.807) is 18.5 Å². The van der Waals surface area contributed by atoms with Gasteiger partial charge in [-0.2, -0.15) is 9.97 Å². The molecule has 1 aliphatic carbocycles. The molecular formula is C24H36N8O2S. The standard InChI is InChI=1S/C24H36N8O2S/c1-4-32-15-26-21-22(29-24(30-23(21)32)28-19-7-5-17(25)6-8-19)27-18-9-11-20(12-10-18)31-35(33,34)14-13-16(2)3/h9-12,15-17,19,31H,4-8,13-14,25H2,1-3H3,(H2,27,28,29,30). The first kappa shape index (κ1) is 25.2. The number of imidazole rings is 1. The number of nitrogens with zero attached hydrogens (tertiary/aromatic N) is 4. The van der Waals surface area contributed by atoms with Crippen molar-refractivity contribution in [2.45, 2.75) is 71.5 Å². The number of hydrogen-bond acceptors (Lipinski definition) is 8. The molecule has 3 aromatic rings. The summed E-state index contributed by atoms with van der Waals surface area (Å²) in [5, 5.41) is 6.81. The maximum atomic E-state index is 12.3. The zero-order valence-electron chi connectivity index (χ0n) is 20.7. The van der Waals surface area contributed by atoms with Crippen molar-refractivity contribution in [3.8, 4) is 0 Å². The minimum Gasteiger partial charge on any atom is -0.351 e. The maximum absolute atomic E-state index is 12.3. The largest absolute Gasteiger partial charge is 0.351 e. The molecule has 1 fully saturated rings. The van der Waals surface area contributed by atoms with Gasteiger partial charge in [0.25, 0.3) is 0 Å². The van der Waals surface area contributed by atoms with Gasteiger partial charge in [-0.15, -0.1) is 0 Å². The van der Waals surface area contributed by atoms with Crippen LogP contribution in [-0.4, -0.2) is 45.8 Å². The van der Waals surface area contributed by atoms with Crippen LogP contribution in [0.3, 0.4) is 0 Å². The van der Waals surface area contributed by atoms with Crippen molar-refractivity contribution in [3.63, 3.8) is 0 Å². The van der Waals surface area contributed by atoms with Crippen LogP contribution in [0.5, 0.6) is 0 Å². The molecule has 0 bridgehead atoms. The van der Waals surface area contributed by atoms with Crippen LogP contribution < -0.4 is 21.1 Å². The number of fused-ring (bicyclic) bond motifs is 1. The number of sulfonamides is 1. The van der Waals surface area contributed by atoms with E-state index >= 15 is 0 Å². The zero-order valence-corrected chi connectivity index (χ0v) is 21.5. The Bertz CT molecular complexity index is 1230. The Morgan fingerprint density at radius 2 is 1.77 bits per heavy atom. The summed E-state index contributed by atoms with van der Waals surface area (Å²) in [6.07, 6.45) is 6.35. The summed E-state index contributed by atoms with van der Waals surface area (Å²) in [7, 11) is -3.37. The summed E-state index contributed by atoms with van der Waals surface area (Å²) in [4.78, 5) is 14.0. The number of anilines is 4. The molecule has 2 heterocycles. The molecule has 190 valence electrons. The van der Waals surface area contributed by atoms with Gasteiger partial charge in [-0.3, -0.25) is 4.72 Å². The third-order valence-electron chi connectivity index (χ3n) is 6.29. The van der Waals surface area contributed by atoms with Crippen LogP contribution in [0.15, 0.2) is 30.6 Å². The van der Waals surface area contributed by atoms with Crippen LogP contribution in [0.2, 0.25) is 0 Å². The average molecular weight is 501 g/mol. The smallest absolute Gasteiger partial charge is 0.232 e. The van der Waals surface area contributed by atoms with E-state index in [-0.39, 0.29) is 11.8 Å². The number of rotatable bonds is 10. The lowest BCUT2D eigenvalue weighted by molar-refractivity contribution is 0.410. The molecule has 2 aromatic heterocycles. The van der Waals surface area contributed by atoms with Gasteiger partial charge < -0.3 is 20.9 Å². The highest BCUT2D eigenvalue weighted by molar-refractivity contribution is 7.92. The van der Waals surface area contributed by atoms with Crippen LogP contribution in [0.25, 0.3) is 11.2 Å². The first-order valence-corrected chi connectivity index (χ1v) is 14.0. The Labute approximate surface area is 207 Å².